The molecule has 0 heterocycles. The number of benzene rings is 1. The van der Waals surface area contributed by atoms with Gasteiger partial charge in [0.2, 0.25) is 10.0 Å². The minimum absolute atomic E-state index is 0.0163. The Morgan fingerprint density at radius 3 is 2.50 bits per heavy atom. The van der Waals surface area contributed by atoms with Crippen molar-refractivity contribution in [2.75, 3.05) is 7.11 Å². The fourth-order valence-corrected chi connectivity index (χ4v) is 1.71. The number of halogens is 2. The van der Waals surface area contributed by atoms with E-state index in [0.717, 1.165) is 12.1 Å². The van der Waals surface area contributed by atoms with E-state index in [9.17, 15) is 12.8 Å². The van der Waals surface area contributed by atoms with Gasteiger partial charge in [-0.2, -0.15) is 0 Å². The average Bonchev–Trinajstić information content (AvgIpc) is 2.02. The van der Waals surface area contributed by atoms with Crippen molar-refractivity contribution < 1.29 is 17.5 Å². The lowest BCUT2D eigenvalue weighted by Crippen LogP contribution is -2.14. The summed E-state index contributed by atoms with van der Waals surface area (Å²) in [7, 11) is -2.81. The Bertz CT molecular complexity index is 460. The molecule has 0 aliphatic rings. The predicted octanol–water partition coefficient (Wildman–Crippen LogP) is 1.14. The summed E-state index contributed by atoms with van der Waals surface area (Å²) in [6, 6.07) is 1.77. The Morgan fingerprint density at radius 2 is 2.07 bits per heavy atom. The maximum Gasteiger partial charge on any atom is 0.241 e. The summed E-state index contributed by atoms with van der Waals surface area (Å²) in [5.41, 5.74) is 0. The lowest BCUT2D eigenvalue weighted by Gasteiger charge is -2.06. The highest BCUT2D eigenvalue weighted by molar-refractivity contribution is 7.89. The fraction of sp³-hybridized carbons (Fsp3) is 0.143. The summed E-state index contributed by atoms with van der Waals surface area (Å²) in [5.74, 6) is -0.949. The van der Waals surface area contributed by atoms with Gasteiger partial charge in [0.25, 0.3) is 0 Å². The average molecular weight is 240 g/mol. The van der Waals surface area contributed by atoms with Gasteiger partial charge in [-0.3, -0.25) is 0 Å². The third kappa shape index (κ3) is 2.14. The molecule has 0 unspecified atom stereocenters. The maximum atomic E-state index is 13.1. The molecule has 7 heteroatoms. The molecular weight excluding hydrogens is 233 g/mol. The van der Waals surface area contributed by atoms with Crippen molar-refractivity contribution in [1.82, 2.24) is 0 Å². The minimum Gasteiger partial charge on any atom is -0.495 e. The first-order valence-electron chi connectivity index (χ1n) is 3.42. The topological polar surface area (TPSA) is 69.4 Å². The van der Waals surface area contributed by atoms with Crippen LogP contribution in [-0.4, -0.2) is 15.5 Å². The van der Waals surface area contributed by atoms with E-state index in [-0.39, 0.29) is 10.8 Å². The van der Waals surface area contributed by atoms with Crippen LogP contribution in [0.2, 0.25) is 5.02 Å². The largest absolute Gasteiger partial charge is 0.495 e. The number of nitrogens with two attached hydrogens (primary N) is 1. The predicted molar refractivity (Wildman–Crippen MR) is 49.3 cm³/mol. The van der Waals surface area contributed by atoms with Crippen LogP contribution in [0.4, 0.5) is 4.39 Å². The zero-order chi connectivity index (χ0) is 10.9. The van der Waals surface area contributed by atoms with Gasteiger partial charge in [0.05, 0.1) is 12.1 Å². The lowest BCUT2D eigenvalue weighted by atomic mass is 10.3. The fourth-order valence-electron chi connectivity index (χ4n) is 0.885. The molecule has 1 rings (SSSR count). The highest BCUT2D eigenvalue weighted by atomic mass is 35.5. The van der Waals surface area contributed by atoms with Gasteiger partial charge in [-0.25, -0.2) is 17.9 Å². The molecule has 78 valence electrons. The van der Waals surface area contributed by atoms with E-state index in [1.165, 1.54) is 7.11 Å². The van der Waals surface area contributed by atoms with Crippen molar-refractivity contribution in [3.63, 3.8) is 0 Å². The number of methoxy groups -OCH3 is 1. The number of ether oxygens (including phenoxy) is 1. The molecule has 0 amide bonds. The minimum atomic E-state index is -4.10. The van der Waals surface area contributed by atoms with Crippen molar-refractivity contribution in [2.24, 2.45) is 5.14 Å². The highest BCUT2D eigenvalue weighted by Gasteiger charge is 2.17. The van der Waals surface area contributed by atoms with Gasteiger partial charge < -0.3 is 4.74 Å². The maximum absolute atomic E-state index is 13.1. The summed E-state index contributed by atoms with van der Waals surface area (Å²) >= 11 is 5.55. The van der Waals surface area contributed by atoms with Crippen molar-refractivity contribution in [3.8, 4) is 5.75 Å². The molecule has 14 heavy (non-hydrogen) atoms. The van der Waals surface area contributed by atoms with Crippen LogP contribution >= 0.6 is 11.6 Å². The Morgan fingerprint density at radius 1 is 1.50 bits per heavy atom. The van der Waals surface area contributed by atoms with Crippen LogP contribution in [0.25, 0.3) is 0 Å². The first-order chi connectivity index (χ1) is 6.36. The van der Waals surface area contributed by atoms with E-state index in [0.29, 0.717) is 0 Å². The van der Waals surface area contributed by atoms with Gasteiger partial charge in [0.1, 0.15) is 16.5 Å². The van der Waals surface area contributed by atoms with Crippen LogP contribution in [0.3, 0.4) is 0 Å². The van der Waals surface area contributed by atoms with E-state index in [2.05, 4.69) is 0 Å². The molecule has 0 aliphatic heterocycles. The molecule has 4 nitrogen and oxygen atoms in total. The monoisotopic (exact) mass is 239 g/mol. The van der Waals surface area contributed by atoms with Crippen LogP contribution in [0.5, 0.6) is 5.75 Å². The molecule has 0 atom stereocenters. The van der Waals surface area contributed by atoms with Crippen LogP contribution in [0.1, 0.15) is 0 Å². The molecule has 0 bridgehead atoms. The van der Waals surface area contributed by atoms with Crippen molar-refractivity contribution in [3.05, 3.63) is 23.0 Å². The number of hydrogen-bond acceptors (Lipinski definition) is 3. The van der Waals surface area contributed by atoms with Crippen LogP contribution in [-0.2, 0) is 10.0 Å². The van der Waals surface area contributed by atoms with Crippen molar-refractivity contribution in [1.29, 1.82) is 0 Å². The van der Waals surface area contributed by atoms with Gasteiger partial charge in [0.15, 0.2) is 0 Å². The van der Waals surface area contributed by atoms with Crippen LogP contribution < -0.4 is 9.88 Å². The molecule has 0 spiro atoms. The van der Waals surface area contributed by atoms with E-state index in [1.54, 1.807) is 0 Å². The Hall–Kier alpha value is -0.850. The molecule has 0 fully saturated rings. The second-order valence-corrected chi connectivity index (χ2v) is 4.40. The summed E-state index contributed by atoms with van der Waals surface area (Å²) in [6.07, 6.45) is 0. The Kier molecular flexibility index (Phi) is 2.98. The van der Waals surface area contributed by atoms with E-state index in [1.807, 2.05) is 0 Å². The van der Waals surface area contributed by atoms with Gasteiger partial charge in [0, 0.05) is 6.07 Å². The highest BCUT2D eigenvalue weighted by Crippen LogP contribution is 2.28. The molecule has 0 aliphatic carbocycles. The molecule has 0 aromatic heterocycles. The van der Waals surface area contributed by atoms with Crippen LogP contribution in [0.15, 0.2) is 17.0 Å². The SMILES string of the molecule is COc1cc(S(N)(=O)=O)c(F)cc1Cl. The second-order valence-electron chi connectivity index (χ2n) is 2.46. The van der Waals surface area contributed by atoms with E-state index in [4.69, 9.17) is 21.5 Å². The lowest BCUT2D eigenvalue weighted by molar-refractivity contribution is 0.411. The summed E-state index contributed by atoms with van der Waals surface area (Å²) in [6.45, 7) is 0. The summed E-state index contributed by atoms with van der Waals surface area (Å²) in [4.78, 5) is -0.640. The number of rotatable bonds is 2. The molecule has 1 aromatic rings. The normalized spacial score (nSPS) is 11.4. The number of sulfonamides is 1. The number of primary sulfonamides is 1. The third-order valence-electron chi connectivity index (χ3n) is 1.51. The Balaban J connectivity index is 3.47. The second kappa shape index (κ2) is 3.72. The summed E-state index contributed by atoms with van der Waals surface area (Å²) in [5, 5.41) is 4.75. The molecule has 0 saturated carbocycles. The van der Waals surface area contributed by atoms with Gasteiger partial charge in [-0.05, 0) is 6.07 Å². The number of hydrogen-bond donors (Lipinski definition) is 1. The quantitative estimate of drug-likeness (QED) is 0.841. The Labute approximate surface area is 85.5 Å². The van der Waals surface area contributed by atoms with Gasteiger partial charge >= 0.3 is 0 Å². The first kappa shape index (κ1) is 11.2. The van der Waals surface area contributed by atoms with Crippen molar-refractivity contribution in [2.45, 2.75) is 4.90 Å². The first-order valence-corrected chi connectivity index (χ1v) is 5.34. The zero-order valence-electron chi connectivity index (χ0n) is 7.12. The molecule has 0 saturated heterocycles. The molecule has 2 N–H and O–H groups in total. The molecular formula is C7H7ClFNO3S. The van der Waals surface area contributed by atoms with E-state index < -0.39 is 20.7 Å². The zero-order valence-corrected chi connectivity index (χ0v) is 8.69. The van der Waals surface area contributed by atoms with Gasteiger partial charge in [-0.1, -0.05) is 11.6 Å². The summed E-state index contributed by atoms with van der Waals surface area (Å²) < 4.78 is 39.5. The van der Waals surface area contributed by atoms with Crippen molar-refractivity contribution >= 4 is 21.6 Å². The van der Waals surface area contributed by atoms with Crippen LogP contribution in [0, 0.1) is 5.82 Å². The standard InChI is InChI=1S/C7H7ClFNO3S/c1-13-6-3-7(14(10,11)12)5(9)2-4(6)8/h2-3H,1H3,(H2,10,11,12). The third-order valence-corrected chi connectivity index (χ3v) is 2.73. The molecule has 1 aromatic carbocycles. The van der Waals surface area contributed by atoms with E-state index >= 15 is 0 Å². The van der Waals surface area contributed by atoms with Gasteiger partial charge in [-0.15, -0.1) is 0 Å². The molecule has 0 radical (unpaired) electrons. The smallest absolute Gasteiger partial charge is 0.241 e.